The zero-order chi connectivity index (χ0) is 10.1. The van der Waals surface area contributed by atoms with Gasteiger partial charge in [0.25, 0.3) is 0 Å². The summed E-state index contributed by atoms with van der Waals surface area (Å²) >= 11 is 0. The maximum Gasteiger partial charge on any atom is 0.221 e. The fraction of sp³-hybridized carbons (Fsp3) is 0. The van der Waals surface area contributed by atoms with Crippen LogP contribution in [0.2, 0.25) is 0 Å². The van der Waals surface area contributed by atoms with Crippen LogP contribution in [0.5, 0.6) is 0 Å². The summed E-state index contributed by atoms with van der Waals surface area (Å²) in [7, 11) is 0. The Balaban J connectivity index is 2.54. The largest absolute Gasteiger partial charge is 0.449 e. The molecule has 0 fully saturated rings. The predicted octanol–water partition coefficient (Wildman–Crippen LogP) is 3.90. The summed E-state index contributed by atoms with van der Waals surface area (Å²) in [6, 6.07) is 14.7. The van der Waals surface area contributed by atoms with E-state index in [1.165, 1.54) is 0 Å². The molecule has 1 aromatic heterocycles. The van der Waals surface area contributed by atoms with Gasteiger partial charge >= 0.3 is 0 Å². The molecule has 0 bridgehead atoms. The number of fused-ring (bicyclic) bond motifs is 2. The molecule has 0 aliphatic rings. The zero-order valence-electron chi connectivity index (χ0n) is 7.84. The first kappa shape index (κ1) is 8.17. The molecule has 3 aromatic rings. The van der Waals surface area contributed by atoms with Gasteiger partial charge in [-0.25, -0.2) is 0 Å². The summed E-state index contributed by atoms with van der Waals surface area (Å²) in [4.78, 5) is 0. The molecule has 0 unspecified atom stereocenters. The second-order valence-electron chi connectivity index (χ2n) is 3.16. The number of rotatable bonds is 0. The van der Waals surface area contributed by atoms with Gasteiger partial charge in [0.05, 0.1) is 0 Å². The van der Waals surface area contributed by atoms with Gasteiger partial charge in [0, 0.05) is 0 Å². The monoisotopic (exact) mass is 200 g/mol. The van der Waals surface area contributed by atoms with Crippen molar-refractivity contribution in [1.29, 1.82) is 0 Å². The summed E-state index contributed by atoms with van der Waals surface area (Å²) in [5.41, 5.74) is 2.47. The Morgan fingerprint density at radius 2 is 0.933 bits per heavy atom. The molecule has 0 amide bonds. The first-order valence-corrected chi connectivity index (χ1v) is 4.64. The van der Waals surface area contributed by atoms with E-state index in [0.29, 0.717) is 22.3 Å². The van der Waals surface area contributed by atoms with Crippen LogP contribution >= 0.6 is 0 Å². The Bertz CT molecular complexity index is 585. The predicted molar refractivity (Wildman–Crippen MR) is 55.9 cm³/mol. The van der Waals surface area contributed by atoms with Crippen molar-refractivity contribution in [3.8, 4) is 0 Å². The molecule has 3 rings (SSSR count). The molecular weight excluding hydrogens is 192 g/mol. The molecule has 2 aromatic carbocycles. The van der Waals surface area contributed by atoms with E-state index in [4.69, 9.17) is 13.6 Å². The lowest BCUT2D eigenvalue weighted by Crippen LogP contribution is -1.64. The van der Waals surface area contributed by atoms with E-state index in [1.807, 2.05) is 36.4 Å². The maximum absolute atomic E-state index is 5.65. The van der Waals surface area contributed by atoms with Crippen LogP contribution in [0.25, 0.3) is 22.3 Å². The summed E-state index contributed by atoms with van der Waals surface area (Å²) in [6.07, 6.45) is 0. The highest BCUT2D eigenvalue weighted by atomic mass is 17.0. The quantitative estimate of drug-likeness (QED) is 0.516. The Kier molecular flexibility index (Phi) is 1.75. The first-order chi connectivity index (χ1) is 7.43. The van der Waals surface area contributed by atoms with Crippen molar-refractivity contribution in [1.82, 2.24) is 0 Å². The lowest BCUT2D eigenvalue weighted by molar-refractivity contribution is 0.0916. The van der Waals surface area contributed by atoms with Crippen LogP contribution < -0.4 is 0 Å². The number of benzene rings is 2. The molecule has 15 heavy (non-hydrogen) atoms. The first-order valence-electron chi connectivity index (χ1n) is 4.64. The highest BCUT2D eigenvalue weighted by molar-refractivity contribution is 5.74. The van der Waals surface area contributed by atoms with Crippen LogP contribution in [0.4, 0.5) is 0 Å². The van der Waals surface area contributed by atoms with E-state index in [9.17, 15) is 0 Å². The number of para-hydroxylation sites is 4. The van der Waals surface area contributed by atoms with Gasteiger partial charge in [-0.2, -0.15) is 0 Å². The third-order valence-corrected chi connectivity index (χ3v) is 2.14. The second-order valence-corrected chi connectivity index (χ2v) is 3.16. The van der Waals surface area contributed by atoms with E-state index < -0.39 is 0 Å². The summed E-state index contributed by atoms with van der Waals surface area (Å²) in [5.74, 6) is 0. The van der Waals surface area contributed by atoms with Gasteiger partial charge in [0.2, 0.25) is 11.2 Å². The van der Waals surface area contributed by atoms with Gasteiger partial charge in [-0.15, -0.1) is 0 Å². The van der Waals surface area contributed by atoms with Gasteiger partial charge in [0.1, 0.15) is 0 Å². The molecule has 3 heteroatoms. The molecule has 0 atom stereocenters. The van der Waals surface area contributed by atoms with E-state index in [0.717, 1.165) is 0 Å². The van der Waals surface area contributed by atoms with Crippen molar-refractivity contribution in [2.75, 3.05) is 0 Å². The average molecular weight is 200 g/mol. The topological polar surface area (TPSA) is 39.4 Å². The van der Waals surface area contributed by atoms with E-state index in [-0.39, 0.29) is 0 Å². The average Bonchev–Trinajstić information content (AvgIpc) is 2.48. The second kappa shape index (κ2) is 3.20. The van der Waals surface area contributed by atoms with Crippen LogP contribution in [0.15, 0.2) is 62.1 Å². The highest BCUT2D eigenvalue weighted by Crippen LogP contribution is 2.19. The fourth-order valence-corrected chi connectivity index (χ4v) is 1.41. The fourth-order valence-electron chi connectivity index (χ4n) is 1.41. The normalized spacial score (nSPS) is 10.7. The van der Waals surface area contributed by atoms with E-state index >= 15 is 0 Å². The van der Waals surface area contributed by atoms with Crippen LogP contribution in [0.1, 0.15) is 0 Å². The molecular formula is C12H8O3. The van der Waals surface area contributed by atoms with Crippen LogP contribution in [-0.4, -0.2) is 0 Å². The van der Waals surface area contributed by atoms with Crippen LogP contribution in [0.3, 0.4) is 0 Å². The van der Waals surface area contributed by atoms with Crippen molar-refractivity contribution in [3.63, 3.8) is 0 Å². The smallest absolute Gasteiger partial charge is 0.221 e. The van der Waals surface area contributed by atoms with Gasteiger partial charge in [-0.05, 0) is 24.3 Å². The van der Waals surface area contributed by atoms with Crippen molar-refractivity contribution >= 4 is 22.3 Å². The standard InChI is InChI=1S/C12H8O3/c1-3-7-11-9(5-1)13-10-6-2-4-8-12(10)15-14-11/h1-8H. The van der Waals surface area contributed by atoms with Gasteiger partial charge in [-0.3, -0.25) is 9.15 Å². The molecule has 1 heterocycles. The SMILES string of the molecule is c1ccc2oc3ccccc3ooc2c1. The molecule has 0 N–H and O–H groups in total. The minimum atomic E-state index is 0.578. The zero-order valence-corrected chi connectivity index (χ0v) is 7.84. The van der Waals surface area contributed by atoms with Crippen LogP contribution in [-0.2, 0) is 0 Å². The number of hydrogen-bond acceptors (Lipinski definition) is 3. The third-order valence-electron chi connectivity index (χ3n) is 2.14. The molecule has 3 nitrogen and oxygen atoms in total. The third kappa shape index (κ3) is 1.38. The minimum absolute atomic E-state index is 0.578. The number of hydrogen-bond donors (Lipinski definition) is 0. The molecule has 0 aliphatic heterocycles. The molecule has 74 valence electrons. The lowest BCUT2D eigenvalue weighted by atomic mass is 10.3. The highest BCUT2D eigenvalue weighted by Gasteiger charge is 1.99. The Labute approximate surface area is 85.1 Å². The summed E-state index contributed by atoms with van der Waals surface area (Å²) in [6.45, 7) is 0. The molecule has 0 radical (unpaired) electrons. The van der Waals surface area contributed by atoms with E-state index in [1.54, 1.807) is 12.1 Å². The molecule has 0 aliphatic carbocycles. The van der Waals surface area contributed by atoms with Crippen molar-refractivity contribution in [2.45, 2.75) is 0 Å². The molecule has 0 spiro atoms. The Hall–Kier alpha value is -2.16. The molecule has 0 saturated carbocycles. The maximum atomic E-state index is 5.65. The molecule has 0 saturated heterocycles. The van der Waals surface area contributed by atoms with Crippen molar-refractivity contribution in [3.05, 3.63) is 48.5 Å². The Morgan fingerprint density at radius 3 is 1.40 bits per heavy atom. The van der Waals surface area contributed by atoms with Crippen molar-refractivity contribution in [2.24, 2.45) is 0 Å². The minimum Gasteiger partial charge on any atom is -0.449 e. The van der Waals surface area contributed by atoms with Gasteiger partial charge in [0.15, 0.2) is 11.2 Å². The van der Waals surface area contributed by atoms with E-state index in [2.05, 4.69) is 0 Å². The summed E-state index contributed by atoms with van der Waals surface area (Å²) < 4.78 is 16.0. The van der Waals surface area contributed by atoms with Crippen LogP contribution in [0, 0.1) is 0 Å². The van der Waals surface area contributed by atoms with Gasteiger partial charge in [-0.1, -0.05) is 24.3 Å². The lowest BCUT2D eigenvalue weighted by Gasteiger charge is -1.86. The van der Waals surface area contributed by atoms with Crippen molar-refractivity contribution < 1.29 is 13.6 Å². The summed E-state index contributed by atoms with van der Waals surface area (Å²) in [5, 5.41) is 0. The Morgan fingerprint density at radius 1 is 0.533 bits per heavy atom. The van der Waals surface area contributed by atoms with Gasteiger partial charge < -0.3 is 4.42 Å².